The molecule has 4 rings (SSSR count). The number of likely N-dealkylation sites (tertiary alicyclic amines) is 1. The van der Waals surface area contributed by atoms with Crippen LogP contribution in [0.25, 0.3) is 0 Å². The zero-order valence-electron chi connectivity index (χ0n) is 14.7. The summed E-state index contributed by atoms with van der Waals surface area (Å²) in [4.78, 5) is 22.0. The van der Waals surface area contributed by atoms with Gasteiger partial charge >= 0.3 is 0 Å². The lowest BCUT2D eigenvalue weighted by Crippen LogP contribution is -2.45. The number of aryl methyl sites for hydroxylation is 1. The topological polar surface area (TPSA) is 54.3 Å². The molecule has 0 aliphatic carbocycles. The van der Waals surface area contributed by atoms with Gasteiger partial charge in [0.25, 0.3) is 0 Å². The number of hydrogen-bond donors (Lipinski definition) is 0. The first kappa shape index (κ1) is 16.1. The highest BCUT2D eigenvalue weighted by Crippen LogP contribution is 2.34. The van der Waals surface area contributed by atoms with Crippen LogP contribution in [0.4, 0.5) is 5.82 Å². The third-order valence-corrected chi connectivity index (χ3v) is 5.39. The van der Waals surface area contributed by atoms with Crippen LogP contribution in [0.3, 0.4) is 0 Å². The number of piperidine rings is 1. The number of anilines is 1. The van der Waals surface area contributed by atoms with Crippen LogP contribution in [-0.4, -0.2) is 45.2 Å². The molecule has 0 unspecified atom stereocenters. The summed E-state index contributed by atoms with van der Waals surface area (Å²) in [5, 5.41) is 4.28. The Hall–Kier alpha value is -2.37. The van der Waals surface area contributed by atoms with Crippen LogP contribution in [0.5, 0.6) is 0 Å². The van der Waals surface area contributed by atoms with Gasteiger partial charge in [-0.2, -0.15) is 5.10 Å². The maximum Gasteiger partial charge on any atom is 0.227 e. The number of carbonyl (C=O) groups is 1. The van der Waals surface area contributed by atoms with Gasteiger partial charge < -0.3 is 9.80 Å². The minimum absolute atomic E-state index is 0.0630. The molecule has 2 fully saturated rings. The SMILES string of the molecule is Cn1cc([C@H]2CCCN2C(=O)[C@H]2CCCN(c3ccccn3)C2)cn1. The highest BCUT2D eigenvalue weighted by molar-refractivity contribution is 5.80. The molecule has 132 valence electrons. The minimum atomic E-state index is 0.0630. The number of nitrogens with zero attached hydrogens (tertiary/aromatic N) is 5. The van der Waals surface area contributed by atoms with Crippen molar-refractivity contribution in [3.05, 3.63) is 42.4 Å². The molecule has 2 saturated heterocycles. The van der Waals surface area contributed by atoms with Crippen LogP contribution < -0.4 is 4.90 Å². The number of rotatable bonds is 3. The predicted octanol–water partition coefficient (Wildman–Crippen LogP) is 2.40. The van der Waals surface area contributed by atoms with Crippen LogP contribution in [0.1, 0.15) is 37.3 Å². The first-order valence-electron chi connectivity index (χ1n) is 9.17. The van der Waals surface area contributed by atoms with Crippen molar-refractivity contribution in [2.24, 2.45) is 13.0 Å². The van der Waals surface area contributed by atoms with E-state index in [0.717, 1.165) is 56.7 Å². The van der Waals surface area contributed by atoms with Crippen LogP contribution in [0, 0.1) is 5.92 Å². The molecular weight excluding hydrogens is 314 g/mol. The smallest absolute Gasteiger partial charge is 0.227 e. The van der Waals surface area contributed by atoms with E-state index in [0.29, 0.717) is 5.91 Å². The Labute approximate surface area is 148 Å². The van der Waals surface area contributed by atoms with Crippen molar-refractivity contribution in [2.75, 3.05) is 24.5 Å². The Morgan fingerprint density at radius 3 is 2.84 bits per heavy atom. The highest BCUT2D eigenvalue weighted by atomic mass is 16.2. The van der Waals surface area contributed by atoms with Crippen molar-refractivity contribution in [3.63, 3.8) is 0 Å². The molecule has 2 atom stereocenters. The lowest BCUT2D eigenvalue weighted by atomic mass is 9.95. The maximum absolute atomic E-state index is 13.2. The second-order valence-electron chi connectivity index (χ2n) is 7.11. The molecule has 6 nitrogen and oxygen atoms in total. The Kier molecular flexibility index (Phi) is 4.42. The molecule has 0 saturated carbocycles. The van der Waals surface area contributed by atoms with E-state index >= 15 is 0 Å². The molecular formula is C19H25N5O. The summed E-state index contributed by atoms with van der Waals surface area (Å²) in [7, 11) is 1.93. The van der Waals surface area contributed by atoms with E-state index < -0.39 is 0 Å². The third-order valence-electron chi connectivity index (χ3n) is 5.39. The lowest BCUT2D eigenvalue weighted by molar-refractivity contribution is -0.136. The molecule has 4 heterocycles. The van der Waals surface area contributed by atoms with Gasteiger partial charge in [-0.3, -0.25) is 9.48 Å². The van der Waals surface area contributed by atoms with E-state index in [2.05, 4.69) is 19.9 Å². The lowest BCUT2D eigenvalue weighted by Gasteiger charge is -2.36. The van der Waals surface area contributed by atoms with Crippen molar-refractivity contribution in [1.29, 1.82) is 0 Å². The van der Waals surface area contributed by atoms with Gasteiger partial charge in [-0.1, -0.05) is 6.07 Å². The Balaban J connectivity index is 1.48. The van der Waals surface area contributed by atoms with Crippen molar-refractivity contribution >= 4 is 11.7 Å². The Morgan fingerprint density at radius 1 is 1.20 bits per heavy atom. The molecule has 2 aliphatic heterocycles. The summed E-state index contributed by atoms with van der Waals surface area (Å²) < 4.78 is 1.82. The number of amides is 1. The number of pyridine rings is 1. The Morgan fingerprint density at radius 2 is 2.08 bits per heavy atom. The van der Waals surface area contributed by atoms with Gasteiger partial charge in [-0.05, 0) is 37.8 Å². The second kappa shape index (κ2) is 6.86. The van der Waals surface area contributed by atoms with Crippen molar-refractivity contribution in [1.82, 2.24) is 19.7 Å². The minimum Gasteiger partial charge on any atom is -0.356 e. The average molecular weight is 339 g/mol. The summed E-state index contributed by atoms with van der Waals surface area (Å²) in [6, 6.07) is 6.15. The van der Waals surface area contributed by atoms with E-state index in [1.807, 2.05) is 48.5 Å². The van der Waals surface area contributed by atoms with Gasteiger partial charge in [0.1, 0.15) is 5.82 Å². The van der Waals surface area contributed by atoms with Crippen molar-refractivity contribution in [2.45, 2.75) is 31.7 Å². The van der Waals surface area contributed by atoms with Gasteiger partial charge in [-0.15, -0.1) is 0 Å². The molecule has 2 aromatic rings. The quantitative estimate of drug-likeness (QED) is 0.862. The molecule has 25 heavy (non-hydrogen) atoms. The summed E-state index contributed by atoms with van der Waals surface area (Å²) in [6.07, 6.45) is 9.88. The van der Waals surface area contributed by atoms with E-state index in [-0.39, 0.29) is 12.0 Å². The predicted molar refractivity (Wildman–Crippen MR) is 96.1 cm³/mol. The average Bonchev–Trinajstić information content (AvgIpc) is 3.30. The fourth-order valence-corrected chi connectivity index (χ4v) is 4.15. The van der Waals surface area contributed by atoms with Crippen LogP contribution in [0.2, 0.25) is 0 Å². The molecule has 0 radical (unpaired) electrons. The second-order valence-corrected chi connectivity index (χ2v) is 7.11. The number of hydrogen-bond acceptors (Lipinski definition) is 4. The maximum atomic E-state index is 13.2. The molecule has 2 aromatic heterocycles. The van der Waals surface area contributed by atoms with Crippen molar-refractivity contribution < 1.29 is 4.79 Å². The fraction of sp³-hybridized carbons (Fsp3) is 0.526. The monoisotopic (exact) mass is 339 g/mol. The zero-order chi connectivity index (χ0) is 17.2. The highest BCUT2D eigenvalue weighted by Gasteiger charge is 2.36. The van der Waals surface area contributed by atoms with Crippen LogP contribution in [-0.2, 0) is 11.8 Å². The van der Waals surface area contributed by atoms with Gasteiger partial charge in [0, 0.05) is 44.6 Å². The number of carbonyl (C=O) groups excluding carboxylic acids is 1. The third kappa shape index (κ3) is 3.25. The van der Waals surface area contributed by atoms with Crippen LogP contribution in [0.15, 0.2) is 36.8 Å². The molecule has 0 spiro atoms. The molecule has 6 heteroatoms. The molecule has 2 aliphatic rings. The van der Waals surface area contributed by atoms with Crippen LogP contribution >= 0.6 is 0 Å². The standard InChI is InChI=1S/C19H25N5O/c1-22-13-16(12-21-22)17-7-5-11-24(17)19(25)15-6-4-10-23(14-15)18-8-2-3-9-20-18/h2-3,8-9,12-13,15,17H,4-7,10-11,14H2,1H3/t15-,17+/m0/s1. The summed E-state index contributed by atoms with van der Waals surface area (Å²) in [6.45, 7) is 2.61. The van der Waals surface area contributed by atoms with Gasteiger partial charge in [0.15, 0.2) is 0 Å². The van der Waals surface area contributed by atoms with Gasteiger partial charge in [0.2, 0.25) is 5.91 Å². The molecule has 0 aromatic carbocycles. The normalized spacial score (nSPS) is 23.9. The largest absolute Gasteiger partial charge is 0.356 e. The van der Waals surface area contributed by atoms with E-state index in [1.165, 1.54) is 0 Å². The first-order chi connectivity index (χ1) is 12.2. The summed E-state index contributed by atoms with van der Waals surface area (Å²) in [5.74, 6) is 1.34. The fourth-order valence-electron chi connectivity index (χ4n) is 4.15. The van der Waals surface area contributed by atoms with Crippen molar-refractivity contribution in [3.8, 4) is 0 Å². The van der Waals surface area contributed by atoms with E-state index in [1.54, 1.807) is 0 Å². The Bertz CT molecular complexity index is 728. The van der Waals surface area contributed by atoms with Gasteiger partial charge in [-0.25, -0.2) is 4.98 Å². The zero-order valence-corrected chi connectivity index (χ0v) is 14.7. The molecule has 0 bridgehead atoms. The summed E-state index contributed by atoms with van der Waals surface area (Å²) >= 11 is 0. The van der Waals surface area contributed by atoms with Gasteiger partial charge in [0.05, 0.1) is 18.2 Å². The first-order valence-corrected chi connectivity index (χ1v) is 9.17. The van der Waals surface area contributed by atoms with E-state index in [4.69, 9.17) is 0 Å². The molecule has 0 N–H and O–H groups in total. The summed E-state index contributed by atoms with van der Waals surface area (Å²) in [5.41, 5.74) is 1.16. The van der Waals surface area contributed by atoms with E-state index in [9.17, 15) is 4.79 Å². The molecule has 1 amide bonds. The number of aromatic nitrogens is 3.